The van der Waals surface area contributed by atoms with Crippen LogP contribution in [0, 0.1) is 23.7 Å². The van der Waals surface area contributed by atoms with E-state index in [4.69, 9.17) is 28.7 Å². The fourth-order valence-electron chi connectivity index (χ4n) is 6.92. The summed E-state index contributed by atoms with van der Waals surface area (Å²) in [6.07, 6.45) is 1.79. The molecule has 6 rings (SSSR count). The van der Waals surface area contributed by atoms with Crippen LogP contribution in [0.4, 0.5) is 4.79 Å². The average molecular weight is 525 g/mol. The highest BCUT2D eigenvalue weighted by molar-refractivity contribution is 5.81. The maximum Gasteiger partial charge on any atom is 0.409 e. The van der Waals surface area contributed by atoms with Crippen LogP contribution in [0.5, 0.6) is 0 Å². The molecule has 0 aromatic rings. The molecule has 2 bridgehead atoms. The van der Waals surface area contributed by atoms with E-state index >= 15 is 0 Å². The van der Waals surface area contributed by atoms with Gasteiger partial charge in [-0.2, -0.15) is 0 Å². The molecule has 11 heteroatoms. The van der Waals surface area contributed by atoms with Crippen LogP contribution in [-0.2, 0) is 38.3 Å². The highest BCUT2D eigenvalue weighted by atomic mass is 17.3. The summed E-state index contributed by atoms with van der Waals surface area (Å²) in [5.74, 6) is -0.871. The first-order chi connectivity index (χ1) is 17.7. The highest BCUT2D eigenvalue weighted by Gasteiger charge is 2.69. The Morgan fingerprint density at radius 2 is 1.68 bits per heavy atom. The van der Waals surface area contributed by atoms with Crippen LogP contribution >= 0.6 is 0 Å². The maximum atomic E-state index is 12.8. The van der Waals surface area contributed by atoms with E-state index in [9.17, 15) is 14.4 Å². The quantitative estimate of drug-likeness (QED) is 0.396. The van der Waals surface area contributed by atoms with Gasteiger partial charge < -0.3 is 28.7 Å². The van der Waals surface area contributed by atoms with E-state index in [0.29, 0.717) is 45.1 Å². The highest BCUT2D eigenvalue weighted by Crippen LogP contribution is 2.60. The molecule has 5 heterocycles. The fourth-order valence-corrected chi connectivity index (χ4v) is 6.92. The SMILES string of the molecule is CCOC(=O)N1CCN(C(=O)CCC(=O)O[C@@H]2O[C@@H]3O[C@]4(C)CC[C@@H]5[C@H](C)CC[C@H]([C@H]2C)[C@@]35OO4)CC1. The first-order valence-electron chi connectivity index (χ1n) is 13.8. The molecule has 5 aliphatic heterocycles. The molecule has 0 aromatic heterocycles. The Hall–Kier alpha value is -1.95. The molecule has 1 saturated carbocycles. The standard InChI is InChI=1S/C26H40N2O9/c1-5-32-24(31)28-14-12-27(13-15-28)20(29)8-9-21(30)33-22-17(3)19-7-6-16(2)18-10-11-25(4)35-23(34-22)26(18,19)37-36-25/h16-19,22-23H,5-15H2,1-4H3/t16-,17-,18-,19-,22-,23-,25+,26-/m1/s1. The van der Waals surface area contributed by atoms with Crippen molar-refractivity contribution in [2.45, 2.75) is 90.2 Å². The van der Waals surface area contributed by atoms with Crippen LogP contribution in [0.15, 0.2) is 0 Å². The van der Waals surface area contributed by atoms with Crippen LogP contribution in [0.1, 0.15) is 66.2 Å². The van der Waals surface area contributed by atoms with E-state index < -0.39 is 29.9 Å². The molecule has 11 nitrogen and oxygen atoms in total. The van der Waals surface area contributed by atoms with Gasteiger partial charge in [0, 0.05) is 50.9 Å². The number of rotatable bonds is 5. The predicted molar refractivity (Wildman–Crippen MR) is 127 cm³/mol. The molecular weight excluding hydrogens is 484 g/mol. The minimum Gasteiger partial charge on any atom is -0.450 e. The largest absolute Gasteiger partial charge is 0.450 e. The van der Waals surface area contributed by atoms with Crippen molar-refractivity contribution in [3.8, 4) is 0 Å². The Morgan fingerprint density at radius 1 is 0.946 bits per heavy atom. The first-order valence-corrected chi connectivity index (χ1v) is 13.8. The van der Waals surface area contributed by atoms with Gasteiger partial charge in [-0.3, -0.25) is 9.59 Å². The van der Waals surface area contributed by atoms with Crippen LogP contribution in [0.2, 0.25) is 0 Å². The number of piperazine rings is 1. The normalized spacial score (nSPS) is 41.0. The molecule has 208 valence electrons. The summed E-state index contributed by atoms with van der Waals surface area (Å²) in [7, 11) is 0. The zero-order valence-corrected chi connectivity index (χ0v) is 22.3. The second-order valence-electron chi connectivity index (χ2n) is 11.3. The van der Waals surface area contributed by atoms with Crippen LogP contribution < -0.4 is 0 Å². The van der Waals surface area contributed by atoms with Crippen molar-refractivity contribution in [3.05, 3.63) is 0 Å². The van der Waals surface area contributed by atoms with Crippen molar-refractivity contribution in [1.29, 1.82) is 0 Å². The number of esters is 1. The second kappa shape index (κ2) is 10.3. The first kappa shape index (κ1) is 26.6. The van der Waals surface area contributed by atoms with E-state index in [-0.39, 0.29) is 42.6 Å². The molecule has 0 N–H and O–H groups in total. The molecule has 1 aliphatic carbocycles. The summed E-state index contributed by atoms with van der Waals surface area (Å²) in [5, 5.41) is 0. The van der Waals surface area contributed by atoms with Crippen LogP contribution in [0.25, 0.3) is 0 Å². The van der Waals surface area contributed by atoms with Crippen molar-refractivity contribution in [1.82, 2.24) is 9.80 Å². The van der Waals surface area contributed by atoms with E-state index in [1.165, 1.54) is 0 Å². The number of hydrogen-bond acceptors (Lipinski definition) is 9. The summed E-state index contributed by atoms with van der Waals surface area (Å²) in [6.45, 7) is 9.87. The Bertz CT molecular complexity index is 893. The number of ether oxygens (including phenoxy) is 4. The lowest BCUT2D eigenvalue weighted by molar-refractivity contribution is -0.576. The topological polar surface area (TPSA) is 113 Å². The lowest BCUT2D eigenvalue weighted by atomic mass is 9.58. The van der Waals surface area contributed by atoms with Crippen molar-refractivity contribution >= 4 is 18.0 Å². The minimum atomic E-state index is -0.892. The Balaban J connectivity index is 1.16. The molecule has 0 unspecified atom stereocenters. The van der Waals surface area contributed by atoms with Crippen molar-refractivity contribution < 1.29 is 43.1 Å². The smallest absolute Gasteiger partial charge is 0.409 e. The number of fused-ring (bicyclic) bond motifs is 2. The van der Waals surface area contributed by atoms with Gasteiger partial charge >= 0.3 is 12.1 Å². The molecule has 8 atom stereocenters. The molecular formula is C26H40N2O9. The van der Waals surface area contributed by atoms with Crippen molar-refractivity contribution in [2.24, 2.45) is 23.7 Å². The summed E-state index contributed by atoms with van der Waals surface area (Å²) in [6, 6.07) is 0. The van der Waals surface area contributed by atoms with E-state index in [2.05, 4.69) is 6.92 Å². The Morgan fingerprint density at radius 3 is 2.41 bits per heavy atom. The number of amides is 2. The Labute approximate surface area is 217 Å². The van der Waals surface area contributed by atoms with Gasteiger partial charge in [0.05, 0.1) is 13.0 Å². The zero-order valence-electron chi connectivity index (χ0n) is 22.3. The predicted octanol–water partition coefficient (Wildman–Crippen LogP) is 2.82. The number of nitrogens with zero attached hydrogens (tertiary/aromatic N) is 2. The molecule has 5 saturated heterocycles. The number of carbonyl (C=O) groups excluding carboxylic acids is 3. The summed E-state index contributed by atoms with van der Waals surface area (Å²) in [4.78, 5) is 52.5. The molecule has 6 aliphatic rings. The van der Waals surface area contributed by atoms with E-state index in [0.717, 1.165) is 19.3 Å². The second-order valence-corrected chi connectivity index (χ2v) is 11.3. The van der Waals surface area contributed by atoms with Gasteiger partial charge in [-0.25, -0.2) is 14.6 Å². The van der Waals surface area contributed by atoms with Crippen molar-refractivity contribution in [3.63, 3.8) is 0 Å². The van der Waals surface area contributed by atoms with Gasteiger partial charge in [-0.15, -0.1) is 0 Å². The van der Waals surface area contributed by atoms with Crippen molar-refractivity contribution in [2.75, 3.05) is 32.8 Å². The number of carbonyl (C=O) groups is 3. The van der Waals surface area contributed by atoms with Gasteiger partial charge in [-0.1, -0.05) is 13.8 Å². The summed E-state index contributed by atoms with van der Waals surface area (Å²) < 4.78 is 23.4. The third-order valence-corrected chi connectivity index (χ3v) is 9.05. The zero-order chi connectivity index (χ0) is 26.4. The van der Waals surface area contributed by atoms with Gasteiger partial charge in [-0.05, 0) is 44.9 Å². The lowest BCUT2D eigenvalue weighted by Crippen LogP contribution is -2.70. The fraction of sp³-hybridized carbons (Fsp3) is 0.885. The molecule has 0 aromatic carbocycles. The molecule has 2 amide bonds. The molecule has 6 fully saturated rings. The molecule has 37 heavy (non-hydrogen) atoms. The maximum absolute atomic E-state index is 12.8. The van der Waals surface area contributed by atoms with Gasteiger partial charge in [0.25, 0.3) is 0 Å². The minimum absolute atomic E-state index is 0.0399. The molecule has 0 radical (unpaired) electrons. The van der Waals surface area contributed by atoms with Crippen LogP contribution in [0.3, 0.4) is 0 Å². The lowest BCUT2D eigenvalue weighted by Gasteiger charge is -2.59. The monoisotopic (exact) mass is 524 g/mol. The Kier molecular flexibility index (Phi) is 7.43. The third-order valence-electron chi connectivity index (χ3n) is 9.05. The number of hydrogen-bond donors (Lipinski definition) is 0. The average Bonchev–Trinajstić information content (AvgIpc) is 3.11. The van der Waals surface area contributed by atoms with E-state index in [1.54, 1.807) is 16.7 Å². The van der Waals surface area contributed by atoms with Crippen LogP contribution in [-0.4, -0.2) is 84.5 Å². The molecule has 1 spiro atoms. The van der Waals surface area contributed by atoms with Gasteiger partial charge in [0.15, 0.2) is 11.9 Å². The third kappa shape index (κ3) is 4.84. The van der Waals surface area contributed by atoms with Gasteiger partial charge in [0.2, 0.25) is 18.0 Å². The van der Waals surface area contributed by atoms with Gasteiger partial charge in [0.1, 0.15) is 0 Å². The van der Waals surface area contributed by atoms with E-state index in [1.807, 2.05) is 13.8 Å². The summed E-state index contributed by atoms with van der Waals surface area (Å²) in [5.41, 5.74) is -0.711. The summed E-state index contributed by atoms with van der Waals surface area (Å²) >= 11 is 0.